The summed E-state index contributed by atoms with van der Waals surface area (Å²) in [4.78, 5) is 14.3. The summed E-state index contributed by atoms with van der Waals surface area (Å²) in [7, 11) is 0. The van der Waals surface area contributed by atoms with Crippen LogP contribution in [0.5, 0.6) is 0 Å². The predicted molar refractivity (Wildman–Crippen MR) is 81.5 cm³/mol. The van der Waals surface area contributed by atoms with Gasteiger partial charge in [0.1, 0.15) is 5.70 Å². The van der Waals surface area contributed by atoms with Crippen LogP contribution in [0.15, 0.2) is 53.5 Å². The molecule has 0 unspecified atom stereocenters. The van der Waals surface area contributed by atoms with E-state index in [0.29, 0.717) is 12.1 Å². The summed E-state index contributed by atoms with van der Waals surface area (Å²) >= 11 is 0. The first-order valence-electron chi connectivity index (χ1n) is 6.73. The van der Waals surface area contributed by atoms with Crippen LogP contribution in [-0.2, 0) is 16.1 Å². The number of azide groups is 1. The Kier molecular flexibility index (Phi) is 5.34. The molecule has 0 atom stereocenters. The first kappa shape index (κ1) is 15.3. The van der Waals surface area contributed by atoms with Gasteiger partial charge in [0, 0.05) is 16.7 Å². The summed E-state index contributed by atoms with van der Waals surface area (Å²) in [6.07, 6.45) is 4.81. The van der Waals surface area contributed by atoms with E-state index in [2.05, 4.69) is 15.1 Å². The Hall–Kier alpha value is -3.05. The molecule has 0 aliphatic carbocycles. The van der Waals surface area contributed by atoms with E-state index in [1.165, 1.54) is 6.08 Å². The van der Waals surface area contributed by atoms with Crippen molar-refractivity contribution in [2.75, 3.05) is 6.61 Å². The molecule has 0 aliphatic heterocycles. The fraction of sp³-hybridized carbons (Fsp3) is 0.200. The molecule has 22 heavy (non-hydrogen) atoms. The minimum absolute atomic E-state index is 0.0939. The zero-order chi connectivity index (χ0) is 15.8. The van der Waals surface area contributed by atoms with Gasteiger partial charge in [-0.1, -0.05) is 35.4 Å². The number of nitrogens with zero attached hydrogens (tertiary/aromatic N) is 5. The van der Waals surface area contributed by atoms with E-state index in [0.717, 1.165) is 5.56 Å². The van der Waals surface area contributed by atoms with Gasteiger partial charge in [-0.15, -0.1) is 0 Å². The number of carbonyl (C=O) groups is 1. The van der Waals surface area contributed by atoms with Crippen LogP contribution in [0.25, 0.3) is 16.5 Å². The van der Waals surface area contributed by atoms with Gasteiger partial charge in [-0.05, 0) is 24.1 Å². The fourth-order valence-corrected chi connectivity index (χ4v) is 1.85. The molecule has 1 aromatic heterocycles. The lowest BCUT2D eigenvalue weighted by Crippen LogP contribution is -2.05. The van der Waals surface area contributed by atoms with Crippen LogP contribution in [0, 0.1) is 0 Å². The third-order valence-electron chi connectivity index (χ3n) is 2.78. The van der Waals surface area contributed by atoms with Crippen molar-refractivity contribution in [3.63, 3.8) is 0 Å². The van der Waals surface area contributed by atoms with Gasteiger partial charge in [0.05, 0.1) is 19.3 Å². The summed E-state index contributed by atoms with van der Waals surface area (Å²) in [6.45, 7) is 2.51. The van der Waals surface area contributed by atoms with Gasteiger partial charge >= 0.3 is 5.97 Å². The van der Waals surface area contributed by atoms with Crippen LogP contribution in [0.1, 0.15) is 18.1 Å². The molecule has 7 nitrogen and oxygen atoms in total. The van der Waals surface area contributed by atoms with Gasteiger partial charge < -0.3 is 4.74 Å². The molecule has 2 rings (SSSR count). The van der Waals surface area contributed by atoms with Crippen molar-refractivity contribution >= 4 is 12.0 Å². The molecule has 0 N–H and O–H groups in total. The quantitative estimate of drug-likeness (QED) is 0.269. The Morgan fingerprint density at radius 2 is 2.23 bits per heavy atom. The van der Waals surface area contributed by atoms with E-state index >= 15 is 0 Å². The number of hydrogen-bond donors (Lipinski definition) is 0. The summed E-state index contributed by atoms with van der Waals surface area (Å²) in [5.41, 5.74) is 10.2. The second kappa shape index (κ2) is 7.66. The Bertz CT molecular complexity index is 715. The third-order valence-corrected chi connectivity index (χ3v) is 2.78. The average Bonchev–Trinajstić information content (AvgIpc) is 2.95. The maximum atomic E-state index is 11.7. The molecule has 1 heterocycles. The lowest BCUT2D eigenvalue weighted by atomic mass is 10.2. The van der Waals surface area contributed by atoms with Crippen molar-refractivity contribution < 1.29 is 9.53 Å². The van der Waals surface area contributed by atoms with E-state index in [4.69, 9.17) is 10.3 Å². The lowest BCUT2D eigenvalue weighted by Gasteiger charge is -2.01. The van der Waals surface area contributed by atoms with Crippen molar-refractivity contribution in [2.45, 2.75) is 13.5 Å². The predicted octanol–water partition coefficient (Wildman–Crippen LogP) is 3.15. The molecular weight excluding hydrogens is 282 g/mol. The molecule has 0 aliphatic rings. The molecule has 7 heteroatoms. The highest BCUT2D eigenvalue weighted by Gasteiger charge is 2.09. The zero-order valence-electron chi connectivity index (χ0n) is 12.1. The minimum atomic E-state index is -0.656. The zero-order valence-corrected chi connectivity index (χ0v) is 12.1. The number of rotatable bonds is 6. The van der Waals surface area contributed by atoms with Crippen LogP contribution in [0.2, 0.25) is 0 Å². The molecule has 0 amide bonds. The number of carbonyl (C=O) groups excluding carboxylic acids is 1. The Morgan fingerprint density at radius 1 is 1.45 bits per heavy atom. The number of aromatic nitrogens is 2. The molecule has 0 saturated carbocycles. The van der Waals surface area contributed by atoms with Crippen molar-refractivity contribution in [3.05, 3.63) is 70.0 Å². The monoisotopic (exact) mass is 297 g/mol. The molecular formula is C15H15N5O2. The van der Waals surface area contributed by atoms with Crippen LogP contribution in [-0.4, -0.2) is 22.4 Å². The van der Waals surface area contributed by atoms with Crippen molar-refractivity contribution in [2.24, 2.45) is 5.11 Å². The minimum Gasteiger partial charge on any atom is -0.462 e. The van der Waals surface area contributed by atoms with E-state index in [1.54, 1.807) is 24.0 Å². The largest absolute Gasteiger partial charge is 0.462 e. The summed E-state index contributed by atoms with van der Waals surface area (Å²) in [5, 5.41) is 7.58. The number of hydrogen-bond acceptors (Lipinski definition) is 4. The lowest BCUT2D eigenvalue weighted by molar-refractivity contribution is -0.138. The second-order valence-electron chi connectivity index (χ2n) is 4.40. The van der Waals surface area contributed by atoms with Crippen LogP contribution in [0.4, 0.5) is 0 Å². The molecule has 112 valence electrons. The van der Waals surface area contributed by atoms with Gasteiger partial charge in [0.2, 0.25) is 0 Å². The van der Waals surface area contributed by atoms with Crippen LogP contribution >= 0.6 is 0 Å². The normalized spacial score (nSPS) is 10.9. The molecule has 1 aromatic carbocycles. The Morgan fingerprint density at radius 3 is 2.91 bits per heavy atom. The topological polar surface area (TPSA) is 92.9 Å². The maximum absolute atomic E-state index is 11.7. The summed E-state index contributed by atoms with van der Waals surface area (Å²) in [6, 6.07) is 9.87. The Balaban J connectivity index is 2.17. The first-order valence-corrected chi connectivity index (χ1v) is 6.73. The number of ether oxygens (including phenoxy) is 1. The smallest absolute Gasteiger partial charge is 0.340 e. The van der Waals surface area contributed by atoms with E-state index in [-0.39, 0.29) is 12.3 Å². The standard InChI is InChI=1S/C15H15N5O2/c1-2-22-15(21)14(18-19-16)8-13-9-17-20(11-13)10-12-6-4-3-5-7-12/h3-9,11H,2,10H2,1H3/b14-8-. The fourth-order valence-electron chi connectivity index (χ4n) is 1.85. The first-order chi connectivity index (χ1) is 10.7. The molecule has 0 spiro atoms. The highest BCUT2D eigenvalue weighted by atomic mass is 16.5. The summed E-state index contributed by atoms with van der Waals surface area (Å²) < 4.78 is 6.57. The van der Waals surface area contributed by atoms with Crippen molar-refractivity contribution in [3.8, 4) is 0 Å². The van der Waals surface area contributed by atoms with Gasteiger partial charge in [-0.25, -0.2) is 4.79 Å². The third kappa shape index (κ3) is 4.22. The molecule has 0 bridgehead atoms. The summed E-state index contributed by atoms with van der Waals surface area (Å²) in [5.74, 6) is -0.656. The molecule has 0 radical (unpaired) electrons. The van der Waals surface area contributed by atoms with Gasteiger partial charge in [0.15, 0.2) is 0 Å². The average molecular weight is 297 g/mol. The number of esters is 1. The number of benzene rings is 1. The van der Waals surface area contributed by atoms with E-state index in [1.807, 2.05) is 30.3 Å². The molecule has 0 saturated heterocycles. The van der Waals surface area contributed by atoms with Crippen molar-refractivity contribution in [1.82, 2.24) is 9.78 Å². The molecule has 0 fully saturated rings. The van der Waals surface area contributed by atoms with E-state index in [9.17, 15) is 4.79 Å². The van der Waals surface area contributed by atoms with Gasteiger partial charge in [0.25, 0.3) is 0 Å². The van der Waals surface area contributed by atoms with Gasteiger partial charge in [-0.2, -0.15) is 5.10 Å². The second-order valence-corrected chi connectivity index (χ2v) is 4.40. The van der Waals surface area contributed by atoms with Crippen LogP contribution in [0.3, 0.4) is 0 Å². The van der Waals surface area contributed by atoms with E-state index < -0.39 is 5.97 Å². The maximum Gasteiger partial charge on any atom is 0.340 e. The Labute approximate surface area is 127 Å². The molecule has 2 aromatic rings. The van der Waals surface area contributed by atoms with Crippen LogP contribution < -0.4 is 0 Å². The van der Waals surface area contributed by atoms with Crippen molar-refractivity contribution in [1.29, 1.82) is 0 Å². The van der Waals surface area contributed by atoms with Gasteiger partial charge in [-0.3, -0.25) is 4.68 Å². The highest BCUT2D eigenvalue weighted by Crippen LogP contribution is 2.11. The SMILES string of the molecule is CCOC(=O)/C(=C/c1cnn(Cc2ccccc2)c1)N=[N+]=[N-]. The highest BCUT2D eigenvalue weighted by molar-refractivity contribution is 5.93.